The zero-order valence-corrected chi connectivity index (χ0v) is 14.2. The summed E-state index contributed by atoms with van der Waals surface area (Å²) in [7, 11) is 0. The lowest BCUT2D eigenvalue weighted by Crippen LogP contribution is -2.13. The number of aryl methyl sites for hydroxylation is 1. The van der Waals surface area contributed by atoms with Crippen LogP contribution < -0.4 is 5.73 Å². The minimum Gasteiger partial charge on any atom is -0.366 e. The summed E-state index contributed by atoms with van der Waals surface area (Å²) in [5, 5.41) is 0.607. The Hall–Kier alpha value is -3.42. The second kappa shape index (κ2) is 6.39. The fourth-order valence-corrected chi connectivity index (χ4v) is 2.67. The SMILES string of the molecule is C=C(C(N)=O)c1cnc2c(c1)c(C)cn2C(=O)c1ccc(C(F)(F)F)cc1. The number of fused-ring (bicyclic) bond motifs is 1. The van der Waals surface area contributed by atoms with Crippen LogP contribution in [0.5, 0.6) is 0 Å². The van der Waals surface area contributed by atoms with Crippen molar-refractivity contribution in [2.45, 2.75) is 13.1 Å². The molecule has 0 atom stereocenters. The van der Waals surface area contributed by atoms with Crippen molar-refractivity contribution in [2.75, 3.05) is 0 Å². The average molecular weight is 373 g/mol. The van der Waals surface area contributed by atoms with Gasteiger partial charge in [0.25, 0.3) is 5.91 Å². The van der Waals surface area contributed by atoms with Crippen LogP contribution in [-0.4, -0.2) is 21.4 Å². The van der Waals surface area contributed by atoms with Crippen molar-refractivity contribution in [3.63, 3.8) is 0 Å². The molecule has 3 rings (SSSR count). The Kier molecular flexibility index (Phi) is 4.35. The lowest BCUT2D eigenvalue weighted by Gasteiger charge is -2.08. The molecule has 0 aliphatic carbocycles. The molecule has 2 heterocycles. The normalized spacial score (nSPS) is 11.6. The van der Waals surface area contributed by atoms with Gasteiger partial charge in [0.15, 0.2) is 0 Å². The molecular weight excluding hydrogens is 359 g/mol. The summed E-state index contributed by atoms with van der Waals surface area (Å²) in [6.07, 6.45) is -1.57. The summed E-state index contributed by atoms with van der Waals surface area (Å²) in [6.45, 7) is 5.35. The molecule has 138 valence electrons. The maximum absolute atomic E-state index is 12.7. The largest absolute Gasteiger partial charge is 0.416 e. The summed E-state index contributed by atoms with van der Waals surface area (Å²) in [4.78, 5) is 28.2. The standard InChI is InChI=1S/C19H14F3N3O2/c1-10-9-25(17-15(10)7-13(8-24-17)11(2)16(23)26)18(27)12-3-5-14(6-4-12)19(20,21)22/h3-9H,2H2,1H3,(H2,23,26). The molecule has 0 bridgehead atoms. The first-order valence-electron chi connectivity index (χ1n) is 7.78. The Balaban J connectivity index is 2.03. The Morgan fingerprint density at radius 2 is 1.78 bits per heavy atom. The number of carbonyl (C=O) groups is 2. The maximum atomic E-state index is 12.7. The van der Waals surface area contributed by atoms with E-state index in [2.05, 4.69) is 11.6 Å². The number of hydrogen-bond donors (Lipinski definition) is 1. The van der Waals surface area contributed by atoms with E-state index in [0.29, 0.717) is 22.2 Å². The number of rotatable bonds is 3. The fraction of sp³-hybridized carbons (Fsp3) is 0.105. The summed E-state index contributed by atoms with van der Waals surface area (Å²) >= 11 is 0. The van der Waals surface area contributed by atoms with Gasteiger partial charge in [-0.15, -0.1) is 0 Å². The maximum Gasteiger partial charge on any atom is 0.416 e. The monoisotopic (exact) mass is 373 g/mol. The molecule has 0 aliphatic rings. The first-order chi connectivity index (χ1) is 12.6. The number of nitrogens with two attached hydrogens (primary N) is 1. The number of carbonyl (C=O) groups excluding carboxylic acids is 2. The topological polar surface area (TPSA) is 78.0 Å². The van der Waals surface area contributed by atoms with E-state index in [1.807, 2.05) is 0 Å². The Labute approximate surface area is 151 Å². The third-order valence-corrected chi connectivity index (χ3v) is 4.17. The van der Waals surface area contributed by atoms with Crippen LogP contribution in [0.15, 0.2) is 49.3 Å². The molecule has 0 unspecified atom stereocenters. The lowest BCUT2D eigenvalue weighted by atomic mass is 10.1. The van der Waals surface area contributed by atoms with E-state index in [1.165, 1.54) is 17.0 Å². The molecule has 1 amide bonds. The minimum atomic E-state index is -4.47. The summed E-state index contributed by atoms with van der Waals surface area (Å²) < 4.78 is 39.3. The third kappa shape index (κ3) is 3.33. The molecule has 27 heavy (non-hydrogen) atoms. The number of alkyl halides is 3. The van der Waals surface area contributed by atoms with E-state index in [-0.39, 0.29) is 11.1 Å². The number of amides is 1. The van der Waals surface area contributed by atoms with Gasteiger partial charge >= 0.3 is 6.18 Å². The predicted molar refractivity (Wildman–Crippen MR) is 93.9 cm³/mol. The highest BCUT2D eigenvalue weighted by molar-refractivity contribution is 6.18. The number of aromatic nitrogens is 2. The van der Waals surface area contributed by atoms with Gasteiger partial charge in [-0.3, -0.25) is 14.2 Å². The zero-order valence-electron chi connectivity index (χ0n) is 14.2. The van der Waals surface area contributed by atoms with Gasteiger partial charge in [-0.1, -0.05) is 6.58 Å². The average Bonchev–Trinajstić information content (AvgIpc) is 2.96. The third-order valence-electron chi connectivity index (χ3n) is 4.17. The van der Waals surface area contributed by atoms with Crippen LogP contribution in [0.3, 0.4) is 0 Å². The number of primary amides is 1. The zero-order chi connectivity index (χ0) is 19.9. The summed E-state index contributed by atoms with van der Waals surface area (Å²) in [5.41, 5.74) is 6.01. The number of hydrogen-bond acceptors (Lipinski definition) is 3. The highest BCUT2D eigenvalue weighted by Crippen LogP contribution is 2.29. The van der Waals surface area contributed by atoms with Crippen molar-refractivity contribution in [1.82, 2.24) is 9.55 Å². The van der Waals surface area contributed by atoms with E-state index >= 15 is 0 Å². The molecule has 0 saturated heterocycles. The number of nitrogens with zero attached hydrogens (tertiary/aromatic N) is 2. The second-order valence-corrected chi connectivity index (χ2v) is 6.00. The molecule has 0 spiro atoms. The van der Waals surface area contributed by atoms with Gasteiger partial charge < -0.3 is 5.73 Å². The van der Waals surface area contributed by atoms with E-state index in [1.54, 1.807) is 13.0 Å². The number of pyridine rings is 1. The summed E-state index contributed by atoms with van der Waals surface area (Å²) in [6, 6.07) is 5.59. The fourth-order valence-electron chi connectivity index (χ4n) is 2.67. The molecule has 0 fully saturated rings. The molecule has 8 heteroatoms. The van der Waals surface area contributed by atoms with Crippen molar-refractivity contribution < 1.29 is 22.8 Å². The van der Waals surface area contributed by atoms with Crippen molar-refractivity contribution >= 4 is 28.4 Å². The molecule has 0 aliphatic heterocycles. The van der Waals surface area contributed by atoms with Gasteiger partial charge in [-0.05, 0) is 42.8 Å². The molecule has 2 aromatic heterocycles. The van der Waals surface area contributed by atoms with Gasteiger partial charge in [-0.25, -0.2) is 4.98 Å². The molecule has 2 N–H and O–H groups in total. The van der Waals surface area contributed by atoms with Gasteiger partial charge in [0.1, 0.15) is 5.65 Å². The Morgan fingerprint density at radius 1 is 1.15 bits per heavy atom. The quantitative estimate of drug-likeness (QED) is 0.713. The van der Waals surface area contributed by atoms with Gasteiger partial charge in [-0.2, -0.15) is 13.2 Å². The predicted octanol–water partition coefficient (Wildman–Crippen LogP) is 3.55. The van der Waals surface area contributed by atoms with Crippen LogP contribution in [0.4, 0.5) is 13.2 Å². The molecule has 1 aromatic carbocycles. The number of benzene rings is 1. The van der Waals surface area contributed by atoms with E-state index in [0.717, 1.165) is 24.3 Å². The van der Waals surface area contributed by atoms with E-state index in [9.17, 15) is 22.8 Å². The van der Waals surface area contributed by atoms with Crippen LogP contribution in [0.1, 0.15) is 27.0 Å². The first-order valence-corrected chi connectivity index (χ1v) is 7.78. The van der Waals surface area contributed by atoms with Crippen LogP contribution >= 0.6 is 0 Å². The van der Waals surface area contributed by atoms with Crippen LogP contribution in [0, 0.1) is 6.92 Å². The molecule has 0 saturated carbocycles. The highest BCUT2D eigenvalue weighted by Gasteiger charge is 2.30. The van der Waals surface area contributed by atoms with Gasteiger partial charge in [0.2, 0.25) is 5.91 Å². The molecule has 0 radical (unpaired) electrons. The highest BCUT2D eigenvalue weighted by atomic mass is 19.4. The van der Waals surface area contributed by atoms with Crippen molar-refractivity contribution in [2.24, 2.45) is 5.73 Å². The van der Waals surface area contributed by atoms with Crippen molar-refractivity contribution in [1.29, 1.82) is 0 Å². The van der Waals surface area contributed by atoms with E-state index in [4.69, 9.17) is 5.73 Å². The van der Waals surface area contributed by atoms with Crippen LogP contribution in [0.2, 0.25) is 0 Å². The smallest absolute Gasteiger partial charge is 0.366 e. The van der Waals surface area contributed by atoms with Gasteiger partial charge in [0.05, 0.1) is 5.56 Å². The Morgan fingerprint density at radius 3 is 2.33 bits per heavy atom. The van der Waals surface area contributed by atoms with E-state index < -0.39 is 23.6 Å². The molecule has 3 aromatic rings. The number of halogens is 3. The van der Waals surface area contributed by atoms with Gasteiger partial charge in [0, 0.05) is 34.5 Å². The second-order valence-electron chi connectivity index (χ2n) is 6.00. The van der Waals surface area contributed by atoms with Crippen LogP contribution in [-0.2, 0) is 11.0 Å². The van der Waals surface area contributed by atoms with Crippen molar-refractivity contribution in [3.8, 4) is 0 Å². The molecular formula is C19H14F3N3O2. The summed E-state index contributed by atoms with van der Waals surface area (Å²) in [5.74, 6) is -1.20. The minimum absolute atomic E-state index is 0.0885. The van der Waals surface area contributed by atoms with Crippen LogP contribution in [0.25, 0.3) is 16.6 Å². The first kappa shape index (κ1) is 18.4. The Bertz CT molecular complexity index is 1080. The lowest BCUT2D eigenvalue weighted by molar-refractivity contribution is -0.137. The van der Waals surface area contributed by atoms with Crippen molar-refractivity contribution in [3.05, 3.63) is 71.6 Å². The molecule has 5 nitrogen and oxygen atoms in total.